The van der Waals surface area contributed by atoms with Crippen LogP contribution < -0.4 is 20.1 Å². The van der Waals surface area contributed by atoms with E-state index < -0.39 is 6.03 Å². The van der Waals surface area contributed by atoms with Gasteiger partial charge >= 0.3 is 6.03 Å². The Balaban J connectivity index is 1.28. The summed E-state index contributed by atoms with van der Waals surface area (Å²) in [6.07, 6.45) is 5.34. The molecule has 2 heterocycles. The predicted octanol–water partition coefficient (Wildman–Crippen LogP) is 3.97. The van der Waals surface area contributed by atoms with Crippen LogP contribution in [-0.4, -0.2) is 45.3 Å². The van der Waals surface area contributed by atoms with Gasteiger partial charge in [-0.15, -0.1) is 10.2 Å². The van der Waals surface area contributed by atoms with Crippen LogP contribution in [0.3, 0.4) is 0 Å². The maximum absolute atomic E-state index is 12.5. The average molecular weight is 494 g/mol. The van der Waals surface area contributed by atoms with E-state index in [2.05, 4.69) is 20.8 Å². The van der Waals surface area contributed by atoms with E-state index in [1.807, 2.05) is 53.1 Å². The van der Waals surface area contributed by atoms with E-state index >= 15 is 0 Å². The number of carbonyl (C=O) groups excluding carboxylic acids is 2. The zero-order valence-electron chi connectivity index (χ0n) is 19.2. The van der Waals surface area contributed by atoms with Gasteiger partial charge in [-0.2, -0.15) is 0 Å². The SMILES string of the molecule is O=C(CSc1nnc(-c2ccccc2)n1Cc1ccc2c(c1)OCO2)NC(=O)NC1CCCCC1. The molecule has 0 atom stereocenters. The molecule has 0 bridgehead atoms. The minimum absolute atomic E-state index is 0.0478. The van der Waals surface area contributed by atoms with Crippen LogP contribution >= 0.6 is 11.8 Å². The van der Waals surface area contributed by atoms with Crippen LogP contribution in [0.5, 0.6) is 11.5 Å². The van der Waals surface area contributed by atoms with Crippen molar-refractivity contribution in [2.45, 2.75) is 49.8 Å². The van der Waals surface area contributed by atoms with Crippen molar-refractivity contribution in [2.24, 2.45) is 0 Å². The van der Waals surface area contributed by atoms with Gasteiger partial charge in [-0.05, 0) is 30.5 Å². The number of amides is 3. The molecule has 5 rings (SSSR count). The summed E-state index contributed by atoms with van der Waals surface area (Å²) in [6, 6.07) is 15.3. The van der Waals surface area contributed by atoms with Crippen LogP contribution in [0.15, 0.2) is 53.7 Å². The van der Waals surface area contributed by atoms with Crippen molar-refractivity contribution in [2.75, 3.05) is 12.5 Å². The van der Waals surface area contributed by atoms with Gasteiger partial charge in [0.1, 0.15) is 0 Å². The molecule has 2 aliphatic rings. The van der Waals surface area contributed by atoms with Gasteiger partial charge in [0, 0.05) is 11.6 Å². The van der Waals surface area contributed by atoms with E-state index in [0.29, 0.717) is 23.3 Å². The normalized spacial score (nSPS) is 15.1. The van der Waals surface area contributed by atoms with Crippen LogP contribution in [0.1, 0.15) is 37.7 Å². The number of nitrogens with zero attached hydrogens (tertiary/aromatic N) is 3. The minimum atomic E-state index is -0.436. The molecule has 1 aromatic heterocycles. The van der Waals surface area contributed by atoms with Crippen molar-refractivity contribution >= 4 is 23.7 Å². The molecule has 1 saturated carbocycles. The highest BCUT2D eigenvalue weighted by molar-refractivity contribution is 7.99. The molecule has 9 nitrogen and oxygen atoms in total. The van der Waals surface area contributed by atoms with Crippen LogP contribution in [-0.2, 0) is 11.3 Å². The Morgan fingerprint density at radius 3 is 2.63 bits per heavy atom. The van der Waals surface area contributed by atoms with Gasteiger partial charge < -0.3 is 14.8 Å². The van der Waals surface area contributed by atoms with Gasteiger partial charge in [-0.25, -0.2) is 4.79 Å². The number of urea groups is 1. The number of carbonyl (C=O) groups is 2. The third kappa shape index (κ3) is 5.76. The molecule has 1 fully saturated rings. The third-order valence-corrected chi connectivity index (χ3v) is 7.02. The van der Waals surface area contributed by atoms with Gasteiger partial charge in [-0.3, -0.25) is 14.7 Å². The number of aromatic nitrogens is 3. The molecule has 1 aliphatic heterocycles. The fourth-order valence-corrected chi connectivity index (χ4v) is 5.06. The number of rotatable bonds is 7. The maximum atomic E-state index is 12.5. The summed E-state index contributed by atoms with van der Waals surface area (Å²) in [5.41, 5.74) is 1.91. The summed E-state index contributed by atoms with van der Waals surface area (Å²) < 4.78 is 12.9. The molecular formula is C25H27N5O4S. The lowest BCUT2D eigenvalue weighted by atomic mass is 9.96. The number of benzene rings is 2. The molecule has 35 heavy (non-hydrogen) atoms. The van der Waals surface area contributed by atoms with Crippen LogP contribution in [0, 0.1) is 0 Å². The van der Waals surface area contributed by atoms with Gasteiger partial charge in [-0.1, -0.05) is 67.4 Å². The first-order valence-electron chi connectivity index (χ1n) is 11.8. The zero-order chi connectivity index (χ0) is 24.0. The molecule has 0 saturated heterocycles. The van der Waals surface area contributed by atoms with Crippen molar-refractivity contribution in [3.05, 3.63) is 54.1 Å². The summed E-state index contributed by atoms with van der Waals surface area (Å²) in [4.78, 5) is 24.7. The number of hydrogen-bond acceptors (Lipinski definition) is 7. The van der Waals surface area contributed by atoms with Gasteiger partial charge in [0.05, 0.1) is 12.3 Å². The standard InChI is InChI=1S/C25H27N5O4S/c31-22(27-24(32)26-19-9-5-2-6-10-19)15-35-25-29-28-23(18-7-3-1-4-8-18)30(25)14-17-11-12-20-21(13-17)34-16-33-20/h1,3-4,7-8,11-13,19H,2,5-6,9-10,14-16H2,(H2,26,27,31,32). The largest absolute Gasteiger partial charge is 0.454 e. The second-order valence-corrected chi connectivity index (χ2v) is 9.53. The number of imide groups is 1. The Bertz CT molecular complexity index is 1190. The Hall–Kier alpha value is -3.53. The fraction of sp³-hybridized carbons (Fsp3) is 0.360. The summed E-state index contributed by atoms with van der Waals surface area (Å²) in [5.74, 6) is 1.79. The molecular weight excluding hydrogens is 466 g/mol. The fourth-order valence-electron chi connectivity index (χ4n) is 4.32. The minimum Gasteiger partial charge on any atom is -0.454 e. The third-order valence-electron chi connectivity index (χ3n) is 6.05. The van der Waals surface area contributed by atoms with Crippen molar-refractivity contribution in [1.82, 2.24) is 25.4 Å². The van der Waals surface area contributed by atoms with Crippen molar-refractivity contribution in [3.8, 4) is 22.9 Å². The lowest BCUT2D eigenvalue weighted by Crippen LogP contribution is -2.45. The lowest BCUT2D eigenvalue weighted by Gasteiger charge is -2.22. The topological polar surface area (TPSA) is 107 Å². The first-order valence-corrected chi connectivity index (χ1v) is 12.7. The van der Waals surface area contributed by atoms with E-state index in [0.717, 1.165) is 42.6 Å². The van der Waals surface area contributed by atoms with E-state index in [1.54, 1.807) is 0 Å². The van der Waals surface area contributed by atoms with Gasteiger partial charge in [0.15, 0.2) is 22.5 Å². The highest BCUT2D eigenvalue weighted by Crippen LogP contribution is 2.33. The molecule has 0 spiro atoms. The molecule has 0 unspecified atom stereocenters. The van der Waals surface area contributed by atoms with E-state index in [-0.39, 0.29) is 24.5 Å². The molecule has 3 amide bonds. The van der Waals surface area contributed by atoms with E-state index in [4.69, 9.17) is 9.47 Å². The zero-order valence-corrected chi connectivity index (χ0v) is 20.1. The molecule has 0 radical (unpaired) electrons. The van der Waals surface area contributed by atoms with Crippen LogP contribution in [0.4, 0.5) is 4.79 Å². The number of nitrogens with one attached hydrogen (secondary N) is 2. The molecule has 10 heteroatoms. The average Bonchev–Trinajstić information content (AvgIpc) is 3.50. The number of thioether (sulfide) groups is 1. The molecule has 1 aliphatic carbocycles. The molecule has 3 aromatic rings. The number of ether oxygens (including phenoxy) is 2. The Morgan fingerprint density at radius 2 is 1.80 bits per heavy atom. The predicted molar refractivity (Wildman–Crippen MR) is 131 cm³/mol. The molecule has 2 aromatic carbocycles. The van der Waals surface area contributed by atoms with Crippen molar-refractivity contribution in [1.29, 1.82) is 0 Å². The first-order chi connectivity index (χ1) is 17.2. The summed E-state index contributed by atoms with van der Waals surface area (Å²) in [5, 5.41) is 14.7. The van der Waals surface area contributed by atoms with Crippen molar-refractivity contribution in [3.63, 3.8) is 0 Å². The Kier molecular flexibility index (Phi) is 7.17. The quantitative estimate of drug-likeness (QED) is 0.480. The second-order valence-electron chi connectivity index (χ2n) is 8.59. The van der Waals surface area contributed by atoms with Crippen LogP contribution in [0.25, 0.3) is 11.4 Å². The summed E-state index contributed by atoms with van der Waals surface area (Å²) >= 11 is 1.24. The van der Waals surface area contributed by atoms with Crippen LogP contribution in [0.2, 0.25) is 0 Å². The highest BCUT2D eigenvalue weighted by Gasteiger charge is 2.20. The molecule has 2 N–H and O–H groups in total. The highest BCUT2D eigenvalue weighted by atomic mass is 32.2. The lowest BCUT2D eigenvalue weighted by molar-refractivity contribution is -0.117. The maximum Gasteiger partial charge on any atom is 0.321 e. The first kappa shape index (κ1) is 23.2. The summed E-state index contributed by atoms with van der Waals surface area (Å²) in [6.45, 7) is 0.700. The van der Waals surface area contributed by atoms with E-state index in [9.17, 15) is 9.59 Å². The van der Waals surface area contributed by atoms with Gasteiger partial charge in [0.25, 0.3) is 0 Å². The number of fused-ring (bicyclic) bond motifs is 1. The Labute approximate surface area is 207 Å². The smallest absolute Gasteiger partial charge is 0.321 e. The number of hydrogen-bond donors (Lipinski definition) is 2. The second kappa shape index (κ2) is 10.8. The Morgan fingerprint density at radius 1 is 1.00 bits per heavy atom. The van der Waals surface area contributed by atoms with E-state index in [1.165, 1.54) is 18.2 Å². The van der Waals surface area contributed by atoms with Crippen molar-refractivity contribution < 1.29 is 19.1 Å². The van der Waals surface area contributed by atoms with Gasteiger partial charge in [0.2, 0.25) is 12.7 Å². The molecule has 182 valence electrons. The monoisotopic (exact) mass is 493 g/mol. The summed E-state index contributed by atoms with van der Waals surface area (Å²) in [7, 11) is 0.